The number of β-amino-alcohol motifs (C(OH)–C–C–N with tert-alkyl or cyclic N) is 2. The Balaban J connectivity index is 2.30. The average molecular weight is 504 g/mol. The molecule has 0 aromatic rings. The molecule has 0 aromatic heterocycles. The second kappa shape index (κ2) is 18.0. The summed E-state index contributed by atoms with van der Waals surface area (Å²) in [5.41, 5.74) is 0. The van der Waals surface area contributed by atoms with E-state index in [4.69, 9.17) is 4.55 Å². The Morgan fingerprint density at radius 3 is 2.21 bits per heavy atom. The van der Waals surface area contributed by atoms with Crippen molar-refractivity contribution in [3.63, 3.8) is 0 Å². The molecule has 1 atom stereocenters. The summed E-state index contributed by atoms with van der Waals surface area (Å²) in [4.78, 5) is 14.7. The number of hydrogen-bond donors (Lipinski definition) is 3. The number of carbonyl (C=O) groups excluding carboxylic acids is 1. The molecule has 0 aromatic carbocycles. The molecule has 1 aliphatic heterocycles. The van der Waals surface area contributed by atoms with Gasteiger partial charge >= 0.3 is 5.84 Å². The van der Waals surface area contributed by atoms with Crippen molar-refractivity contribution in [3.8, 4) is 0 Å². The number of carbonyl (C=O) groups is 1. The molecule has 1 unspecified atom stereocenters. The molecule has 0 saturated carbocycles. The summed E-state index contributed by atoms with van der Waals surface area (Å²) in [6, 6.07) is 0. The molecule has 3 N–H and O–H groups in total. The molecule has 0 aliphatic carbocycles. The van der Waals surface area contributed by atoms with E-state index < -0.39 is 22.0 Å². The lowest BCUT2D eigenvalue weighted by atomic mass is 10.1. The molecule has 0 spiro atoms. The number of Topliss-reactive ketones (excluding diaryl/α,β-unsaturated/α-hetero) is 1. The van der Waals surface area contributed by atoms with Crippen molar-refractivity contribution < 1.29 is 32.6 Å². The standard InChI is InChI=1S/C25H46N2O6S/c1-2-3-4-5-6-7-8-9-10-11-12-13-14-15-16-24(30)25-26(19-20-28)17-18-27(25)21-23(29)22-34(31,32)33/h6-7,23,28-29H,2-5,8-22H2,1H3/p+1/b7-6+. The topological polar surface area (TPSA) is 118 Å². The number of rotatable bonds is 21. The van der Waals surface area contributed by atoms with Crippen LogP contribution in [0.2, 0.25) is 0 Å². The van der Waals surface area contributed by atoms with Gasteiger partial charge in [-0.1, -0.05) is 64.0 Å². The van der Waals surface area contributed by atoms with Gasteiger partial charge in [0, 0.05) is 6.42 Å². The Kier molecular flexibility index (Phi) is 16.3. The van der Waals surface area contributed by atoms with E-state index in [1.165, 1.54) is 57.8 Å². The van der Waals surface area contributed by atoms with Crippen LogP contribution in [0.5, 0.6) is 0 Å². The van der Waals surface area contributed by atoms with Crippen molar-refractivity contribution in [3.05, 3.63) is 12.2 Å². The zero-order valence-corrected chi connectivity index (χ0v) is 21.9. The first kappa shape index (κ1) is 30.7. The number of nitrogens with zero attached hydrogens (tertiary/aromatic N) is 2. The van der Waals surface area contributed by atoms with Gasteiger partial charge in [0.15, 0.2) is 0 Å². The Morgan fingerprint density at radius 2 is 1.62 bits per heavy atom. The Hall–Kier alpha value is -1.29. The number of aliphatic hydroxyl groups excluding tert-OH is 2. The van der Waals surface area contributed by atoms with Gasteiger partial charge in [-0.05, 0) is 32.1 Å². The first-order valence-electron chi connectivity index (χ1n) is 13.1. The van der Waals surface area contributed by atoms with E-state index in [1.807, 2.05) is 0 Å². The summed E-state index contributed by atoms with van der Waals surface area (Å²) in [6.07, 6.45) is 17.7. The van der Waals surface area contributed by atoms with E-state index in [1.54, 1.807) is 9.48 Å². The molecule has 8 nitrogen and oxygen atoms in total. The summed E-state index contributed by atoms with van der Waals surface area (Å²) < 4.78 is 32.6. The van der Waals surface area contributed by atoms with Gasteiger partial charge in [-0.2, -0.15) is 8.42 Å². The van der Waals surface area contributed by atoms with Gasteiger partial charge < -0.3 is 10.2 Å². The molecule has 1 rings (SSSR count). The van der Waals surface area contributed by atoms with E-state index in [0.29, 0.717) is 31.9 Å². The first-order valence-corrected chi connectivity index (χ1v) is 14.7. The minimum Gasteiger partial charge on any atom is -0.392 e. The van der Waals surface area contributed by atoms with Gasteiger partial charge in [-0.3, -0.25) is 18.8 Å². The van der Waals surface area contributed by atoms with Gasteiger partial charge in [0.1, 0.15) is 38.0 Å². The summed E-state index contributed by atoms with van der Waals surface area (Å²) in [7, 11) is -4.29. The SMILES string of the molecule is CCCCC/C=C/CCCCCCCCCC(=O)C1=[N+](CC(O)CS(=O)(=O)O)CCN1CCO. The second-order valence-corrected chi connectivity index (χ2v) is 10.8. The molecule has 9 heteroatoms. The third-order valence-corrected chi connectivity index (χ3v) is 6.91. The Morgan fingerprint density at radius 1 is 1.03 bits per heavy atom. The van der Waals surface area contributed by atoms with Crippen LogP contribution in [0.15, 0.2) is 12.2 Å². The van der Waals surface area contributed by atoms with Gasteiger partial charge in [-0.25, -0.2) is 0 Å². The van der Waals surface area contributed by atoms with Crippen LogP contribution in [0.4, 0.5) is 0 Å². The average Bonchev–Trinajstić information content (AvgIpc) is 3.14. The quantitative estimate of drug-likeness (QED) is 0.0953. The molecule has 1 aliphatic rings. The molecule has 198 valence electrons. The molecular weight excluding hydrogens is 456 g/mol. The highest BCUT2D eigenvalue weighted by atomic mass is 32.2. The third-order valence-electron chi connectivity index (χ3n) is 6.11. The van der Waals surface area contributed by atoms with Crippen LogP contribution in [-0.2, 0) is 14.9 Å². The number of hydrogen-bond acceptors (Lipinski definition) is 6. The predicted molar refractivity (Wildman–Crippen MR) is 136 cm³/mol. The maximum atomic E-state index is 12.9. The number of unbranched alkanes of at least 4 members (excludes halogenated alkanes) is 10. The van der Waals surface area contributed by atoms with Crippen LogP contribution in [-0.4, -0.2) is 88.9 Å². The van der Waals surface area contributed by atoms with Gasteiger partial charge in [0.25, 0.3) is 10.1 Å². The second-order valence-electron chi connectivity index (χ2n) is 9.29. The fraction of sp³-hybridized carbons (Fsp3) is 0.840. The largest absolute Gasteiger partial charge is 0.392 e. The lowest BCUT2D eigenvalue weighted by Gasteiger charge is -2.13. The predicted octanol–water partition coefficient (Wildman–Crippen LogP) is 3.17. The lowest BCUT2D eigenvalue weighted by molar-refractivity contribution is -0.525. The van der Waals surface area contributed by atoms with Gasteiger partial charge in [0.2, 0.25) is 5.78 Å². The maximum Gasteiger partial charge on any atom is 0.316 e. The fourth-order valence-corrected chi connectivity index (χ4v) is 4.96. The van der Waals surface area contributed by atoms with Gasteiger partial charge in [0.05, 0.1) is 6.61 Å². The molecular formula is C25H47N2O6S+. The molecule has 0 amide bonds. The van der Waals surface area contributed by atoms with Crippen molar-refractivity contribution in [2.24, 2.45) is 0 Å². The number of allylic oxidation sites excluding steroid dienone is 2. The van der Waals surface area contributed by atoms with E-state index in [2.05, 4.69) is 19.1 Å². The van der Waals surface area contributed by atoms with Crippen molar-refractivity contribution in [1.82, 2.24) is 4.90 Å². The third kappa shape index (κ3) is 14.2. The van der Waals surface area contributed by atoms with Crippen LogP contribution in [0.1, 0.15) is 90.4 Å². The summed E-state index contributed by atoms with van der Waals surface area (Å²) in [5.74, 6) is -0.373. The van der Waals surface area contributed by atoms with E-state index in [9.17, 15) is 23.4 Å². The lowest BCUT2D eigenvalue weighted by Crippen LogP contribution is -2.40. The number of ketones is 1. The van der Waals surface area contributed by atoms with Crippen molar-refractivity contribution in [2.75, 3.05) is 38.5 Å². The van der Waals surface area contributed by atoms with Crippen molar-refractivity contribution in [1.29, 1.82) is 0 Å². The zero-order chi connectivity index (χ0) is 25.2. The van der Waals surface area contributed by atoms with Crippen LogP contribution in [0.3, 0.4) is 0 Å². The smallest absolute Gasteiger partial charge is 0.316 e. The maximum absolute atomic E-state index is 12.9. The summed E-state index contributed by atoms with van der Waals surface area (Å²) in [6.45, 7) is 3.41. The van der Waals surface area contributed by atoms with Crippen LogP contribution < -0.4 is 0 Å². The highest BCUT2D eigenvalue weighted by molar-refractivity contribution is 7.85. The molecule has 0 saturated heterocycles. The normalized spacial score (nSPS) is 15.6. The molecule has 0 radical (unpaired) electrons. The van der Waals surface area contributed by atoms with Crippen molar-refractivity contribution in [2.45, 2.75) is 96.5 Å². The van der Waals surface area contributed by atoms with Crippen LogP contribution in [0.25, 0.3) is 0 Å². The van der Waals surface area contributed by atoms with Crippen LogP contribution >= 0.6 is 0 Å². The number of aliphatic hydroxyl groups is 2. The zero-order valence-electron chi connectivity index (χ0n) is 21.0. The molecule has 0 bridgehead atoms. The summed E-state index contributed by atoms with van der Waals surface area (Å²) in [5, 5.41) is 19.3. The number of amidine groups is 1. The van der Waals surface area contributed by atoms with Crippen LogP contribution in [0, 0.1) is 0 Å². The van der Waals surface area contributed by atoms with E-state index in [0.717, 1.165) is 19.3 Å². The highest BCUT2D eigenvalue weighted by Gasteiger charge is 2.36. The monoisotopic (exact) mass is 503 g/mol. The van der Waals surface area contributed by atoms with Crippen molar-refractivity contribution >= 4 is 21.7 Å². The Bertz CT molecular complexity index is 736. The van der Waals surface area contributed by atoms with Gasteiger partial charge in [-0.15, -0.1) is 0 Å². The van der Waals surface area contributed by atoms with E-state index in [-0.39, 0.29) is 18.9 Å². The molecule has 1 heterocycles. The molecule has 34 heavy (non-hydrogen) atoms. The Labute approximate surface area is 206 Å². The highest BCUT2D eigenvalue weighted by Crippen LogP contribution is 2.13. The minimum absolute atomic E-state index is 0.0449. The molecule has 0 fully saturated rings. The van der Waals surface area contributed by atoms with E-state index >= 15 is 0 Å². The minimum atomic E-state index is -4.29. The first-order chi connectivity index (χ1) is 16.3. The fourth-order valence-electron chi connectivity index (χ4n) is 4.36. The summed E-state index contributed by atoms with van der Waals surface area (Å²) >= 11 is 0.